The van der Waals surface area contributed by atoms with Crippen molar-refractivity contribution in [2.24, 2.45) is 5.73 Å². The van der Waals surface area contributed by atoms with Crippen LogP contribution < -0.4 is 5.73 Å². The molecule has 11 heavy (non-hydrogen) atoms. The van der Waals surface area contributed by atoms with Crippen molar-refractivity contribution in [1.82, 2.24) is 14.8 Å². The summed E-state index contributed by atoms with van der Waals surface area (Å²) in [4.78, 5) is 10.7. The van der Waals surface area contributed by atoms with Crippen molar-refractivity contribution in [1.29, 1.82) is 0 Å². The zero-order valence-corrected chi connectivity index (χ0v) is 6.47. The minimum Gasteiger partial charge on any atom is -0.363 e. The molecule has 0 unspecified atom stereocenters. The topological polar surface area (TPSA) is 73.8 Å². The molecule has 0 atom stereocenters. The maximum absolute atomic E-state index is 10.7. The van der Waals surface area contributed by atoms with Crippen LogP contribution in [0, 0.1) is 0 Å². The quantitative estimate of drug-likeness (QED) is 0.615. The maximum atomic E-state index is 10.7. The predicted octanol–water partition coefficient (Wildman–Crippen LogP) is -0.517. The number of primary amides is 1. The number of fused-ring (bicyclic) bond motifs is 1. The van der Waals surface area contributed by atoms with Crippen LogP contribution in [0.15, 0.2) is 5.16 Å². The van der Waals surface area contributed by atoms with E-state index in [0.717, 1.165) is 17.5 Å². The van der Waals surface area contributed by atoms with Crippen LogP contribution >= 0.6 is 11.8 Å². The first kappa shape index (κ1) is 6.66. The number of carbonyl (C=O) groups is 1. The third-order valence-electron chi connectivity index (χ3n) is 1.48. The lowest BCUT2D eigenvalue weighted by Gasteiger charge is -1.94. The fourth-order valence-corrected chi connectivity index (χ4v) is 1.90. The second kappa shape index (κ2) is 2.23. The average molecular weight is 170 g/mol. The molecular formula is C5H6N4OS. The van der Waals surface area contributed by atoms with Gasteiger partial charge < -0.3 is 5.73 Å². The SMILES string of the molecule is NC(=O)c1nnc2n1CCS2. The number of nitrogens with zero attached hydrogens (tertiary/aromatic N) is 3. The minimum atomic E-state index is -0.508. The van der Waals surface area contributed by atoms with E-state index in [2.05, 4.69) is 10.2 Å². The van der Waals surface area contributed by atoms with Gasteiger partial charge in [-0.3, -0.25) is 9.36 Å². The first-order valence-electron chi connectivity index (χ1n) is 3.15. The molecule has 1 aromatic rings. The molecule has 6 heteroatoms. The molecule has 1 amide bonds. The molecule has 2 rings (SSSR count). The van der Waals surface area contributed by atoms with E-state index < -0.39 is 5.91 Å². The summed E-state index contributed by atoms with van der Waals surface area (Å²) in [6.45, 7) is 0.783. The Morgan fingerprint density at radius 3 is 3.18 bits per heavy atom. The molecule has 1 aliphatic rings. The first-order chi connectivity index (χ1) is 5.29. The van der Waals surface area contributed by atoms with E-state index in [1.807, 2.05) is 0 Å². The van der Waals surface area contributed by atoms with Crippen molar-refractivity contribution in [3.05, 3.63) is 5.82 Å². The lowest BCUT2D eigenvalue weighted by Crippen LogP contribution is -2.17. The smallest absolute Gasteiger partial charge is 0.286 e. The number of nitrogens with two attached hydrogens (primary N) is 1. The van der Waals surface area contributed by atoms with Gasteiger partial charge in [-0.05, 0) is 0 Å². The van der Waals surface area contributed by atoms with Crippen LogP contribution in [0.25, 0.3) is 0 Å². The predicted molar refractivity (Wildman–Crippen MR) is 39.3 cm³/mol. The molecule has 0 fully saturated rings. The Kier molecular flexibility index (Phi) is 1.35. The highest BCUT2D eigenvalue weighted by Crippen LogP contribution is 2.23. The fourth-order valence-electron chi connectivity index (χ4n) is 1.01. The summed E-state index contributed by atoms with van der Waals surface area (Å²) in [5.74, 6) is 0.710. The second-order valence-corrected chi connectivity index (χ2v) is 3.23. The van der Waals surface area contributed by atoms with Gasteiger partial charge in [0.05, 0.1) is 0 Å². The van der Waals surface area contributed by atoms with Crippen LogP contribution in [0.5, 0.6) is 0 Å². The van der Waals surface area contributed by atoms with Crippen molar-refractivity contribution in [2.45, 2.75) is 11.7 Å². The number of rotatable bonds is 1. The van der Waals surface area contributed by atoms with Crippen LogP contribution in [0.1, 0.15) is 10.6 Å². The molecule has 1 aromatic heterocycles. The summed E-state index contributed by atoms with van der Waals surface area (Å²) in [6, 6.07) is 0. The number of carbonyl (C=O) groups excluding carboxylic acids is 1. The molecule has 0 radical (unpaired) electrons. The number of hydrogen-bond donors (Lipinski definition) is 1. The van der Waals surface area contributed by atoms with Crippen molar-refractivity contribution in [3.63, 3.8) is 0 Å². The van der Waals surface area contributed by atoms with Crippen molar-refractivity contribution < 1.29 is 4.79 Å². The standard InChI is InChI=1S/C5H6N4OS/c6-3(10)4-7-8-5-9(4)1-2-11-5/h1-2H2,(H2,6,10). The average Bonchev–Trinajstić information content (AvgIpc) is 2.41. The molecule has 5 nitrogen and oxygen atoms in total. The Bertz CT molecular complexity index is 307. The second-order valence-electron chi connectivity index (χ2n) is 2.17. The molecule has 1 aliphatic heterocycles. The summed E-state index contributed by atoms with van der Waals surface area (Å²) in [5, 5.41) is 8.24. The van der Waals surface area contributed by atoms with E-state index in [9.17, 15) is 4.79 Å². The van der Waals surface area contributed by atoms with Crippen LogP contribution in [0.2, 0.25) is 0 Å². The van der Waals surface area contributed by atoms with E-state index in [0.29, 0.717) is 0 Å². The zero-order chi connectivity index (χ0) is 7.84. The van der Waals surface area contributed by atoms with Crippen molar-refractivity contribution in [3.8, 4) is 0 Å². The van der Waals surface area contributed by atoms with Gasteiger partial charge in [0.25, 0.3) is 5.91 Å². The summed E-state index contributed by atoms with van der Waals surface area (Å²) in [7, 11) is 0. The largest absolute Gasteiger partial charge is 0.363 e. The minimum absolute atomic E-state index is 0.269. The van der Waals surface area contributed by atoms with Crippen LogP contribution in [0.3, 0.4) is 0 Å². The maximum Gasteiger partial charge on any atom is 0.286 e. The van der Waals surface area contributed by atoms with E-state index in [-0.39, 0.29) is 5.82 Å². The molecule has 0 saturated heterocycles. The molecule has 0 aliphatic carbocycles. The zero-order valence-electron chi connectivity index (χ0n) is 5.65. The molecule has 2 N–H and O–H groups in total. The molecule has 2 heterocycles. The summed E-state index contributed by atoms with van der Waals surface area (Å²) >= 11 is 1.59. The Morgan fingerprint density at radius 2 is 2.45 bits per heavy atom. The molecule has 0 saturated carbocycles. The fraction of sp³-hybridized carbons (Fsp3) is 0.400. The van der Waals surface area contributed by atoms with Crippen LogP contribution in [0.4, 0.5) is 0 Å². The molecular weight excluding hydrogens is 164 g/mol. The lowest BCUT2D eigenvalue weighted by molar-refractivity contribution is 0.0986. The van der Waals surface area contributed by atoms with Gasteiger partial charge in [-0.2, -0.15) is 0 Å². The van der Waals surface area contributed by atoms with E-state index in [1.165, 1.54) is 0 Å². The molecule has 0 spiro atoms. The highest BCUT2D eigenvalue weighted by molar-refractivity contribution is 7.99. The highest BCUT2D eigenvalue weighted by Gasteiger charge is 2.20. The molecule has 58 valence electrons. The van der Waals surface area contributed by atoms with Crippen molar-refractivity contribution in [2.75, 3.05) is 5.75 Å². The normalized spacial score (nSPS) is 14.9. The summed E-state index contributed by atoms with van der Waals surface area (Å²) < 4.78 is 1.74. The van der Waals surface area contributed by atoms with Gasteiger partial charge in [0, 0.05) is 12.3 Å². The number of amides is 1. The van der Waals surface area contributed by atoms with E-state index >= 15 is 0 Å². The van der Waals surface area contributed by atoms with E-state index in [1.54, 1.807) is 16.3 Å². The Morgan fingerprint density at radius 1 is 1.64 bits per heavy atom. The summed E-state index contributed by atoms with van der Waals surface area (Å²) in [6.07, 6.45) is 0. The summed E-state index contributed by atoms with van der Waals surface area (Å²) in [5.41, 5.74) is 5.06. The third-order valence-corrected chi connectivity index (χ3v) is 2.43. The molecule has 0 bridgehead atoms. The highest BCUT2D eigenvalue weighted by atomic mass is 32.2. The van der Waals surface area contributed by atoms with Gasteiger partial charge in [-0.25, -0.2) is 0 Å². The van der Waals surface area contributed by atoms with Gasteiger partial charge >= 0.3 is 0 Å². The van der Waals surface area contributed by atoms with Gasteiger partial charge in [-0.15, -0.1) is 10.2 Å². The molecule has 0 aromatic carbocycles. The third kappa shape index (κ3) is 0.900. The van der Waals surface area contributed by atoms with Gasteiger partial charge in [0.2, 0.25) is 5.82 Å². The van der Waals surface area contributed by atoms with Gasteiger partial charge in [0.15, 0.2) is 5.16 Å². The number of aromatic nitrogens is 3. The lowest BCUT2D eigenvalue weighted by atomic mass is 10.5. The van der Waals surface area contributed by atoms with Crippen LogP contribution in [-0.2, 0) is 6.54 Å². The number of thioether (sulfide) groups is 1. The van der Waals surface area contributed by atoms with Gasteiger partial charge in [0.1, 0.15) is 0 Å². The van der Waals surface area contributed by atoms with E-state index in [4.69, 9.17) is 5.73 Å². The Labute approximate surface area is 67.0 Å². The Hall–Kier alpha value is -1.04. The first-order valence-corrected chi connectivity index (χ1v) is 4.13. The van der Waals surface area contributed by atoms with Crippen molar-refractivity contribution >= 4 is 17.7 Å². The van der Waals surface area contributed by atoms with Crippen LogP contribution in [-0.4, -0.2) is 26.4 Å². The number of hydrogen-bond acceptors (Lipinski definition) is 4. The Balaban J connectivity index is 2.50. The monoisotopic (exact) mass is 170 g/mol. The van der Waals surface area contributed by atoms with Gasteiger partial charge in [-0.1, -0.05) is 11.8 Å².